The van der Waals surface area contributed by atoms with Crippen LogP contribution in [0.15, 0.2) is 41.2 Å². The van der Waals surface area contributed by atoms with E-state index in [1.807, 2.05) is 30.3 Å². The minimum atomic E-state index is -0.350. The molecule has 0 unspecified atom stereocenters. The average molecular weight is 360 g/mol. The number of hydrogen-bond donors (Lipinski definition) is 0. The molecule has 5 heteroatoms. The number of fused-ring (bicyclic) bond motifs is 5. The number of ether oxygens (including phenoxy) is 1. The summed E-state index contributed by atoms with van der Waals surface area (Å²) in [7, 11) is 0. The molecule has 1 atom stereocenters. The molecule has 5 nitrogen and oxygen atoms in total. The van der Waals surface area contributed by atoms with Gasteiger partial charge in [0.25, 0.3) is 5.56 Å². The molecule has 136 valence electrons. The predicted octanol–water partition coefficient (Wildman–Crippen LogP) is 3.76. The van der Waals surface area contributed by atoms with E-state index >= 15 is 0 Å². The highest BCUT2D eigenvalue weighted by Crippen LogP contribution is 2.37. The Labute approximate surface area is 156 Å². The Morgan fingerprint density at radius 1 is 1.22 bits per heavy atom. The molecule has 0 amide bonds. The Morgan fingerprint density at radius 3 is 2.93 bits per heavy atom. The topological polar surface area (TPSA) is 61.2 Å². The Morgan fingerprint density at radius 2 is 2.07 bits per heavy atom. The lowest BCUT2D eigenvalue weighted by Gasteiger charge is -2.25. The van der Waals surface area contributed by atoms with E-state index in [9.17, 15) is 9.59 Å². The fraction of sp³-hybridized carbons (Fsp3) is 0.318. The van der Waals surface area contributed by atoms with Crippen molar-refractivity contribution in [1.82, 2.24) is 9.55 Å². The molecule has 0 saturated heterocycles. The van der Waals surface area contributed by atoms with Crippen LogP contribution in [0.2, 0.25) is 0 Å². The zero-order valence-electron chi connectivity index (χ0n) is 15.2. The Bertz CT molecular complexity index is 1150. The first-order valence-corrected chi connectivity index (χ1v) is 9.49. The Balaban J connectivity index is 1.71. The van der Waals surface area contributed by atoms with Gasteiger partial charge in [0.15, 0.2) is 0 Å². The van der Waals surface area contributed by atoms with Crippen LogP contribution in [-0.2, 0) is 22.7 Å². The van der Waals surface area contributed by atoms with Gasteiger partial charge >= 0.3 is 5.97 Å². The van der Waals surface area contributed by atoms with Gasteiger partial charge in [0, 0.05) is 10.9 Å². The zero-order chi connectivity index (χ0) is 18.5. The fourth-order valence-corrected chi connectivity index (χ4v) is 4.24. The molecular weight excluding hydrogens is 340 g/mol. The number of rotatable bonds is 3. The van der Waals surface area contributed by atoms with Crippen molar-refractivity contribution in [2.75, 3.05) is 0 Å². The number of carbonyl (C=O) groups excluding carboxylic acids is 1. The van der Waals surface area contributed by atoms with Crippen molar-refractivity contribution in [3.05, 3.63) is 63.4 Å². The molecule has 0 radical (unpaired) electrons. The molecule has 0 spiro atoms. The monoisotopic (exact) mass is 360 g/mol. The summed E-state index contributed by atoms with van der Waals surface area (Å²) in [6.45, 7) is 2.68. The summed E-state index contributed by atoms with van der Waals surface area (Å²) in [4.78, 5) is 30.3. The second kappa shape index (κ2) is 6.05. The summed E-state index contributed by atoms with van der Waals surface area (Å²) in [6.07, 6.45) is 2.64. The molecule has 1 aromatic carbocycles. The highest BCUT2D eigenvalue weighted by molar-refractivity contribution is 5.85. The lowest BCUT2D eigenvalue weighted by atomic mass is 9.88. The van der Waals surface area contributed by atoms with Crippen molar-refractivity contribution in [3.63, 3.8) is 0 Å². The van der Waals surface area contributed by atoms with Gasteiger partial charge in [-0.15, -0.1) is 0 Å². The van der Waals surface area contributed by atoms with E-state index in [2.05, 4.69) is 13.0 Å². The highest BCUT2D eigenvalue weighted by atomic mass is 16.5. The number of cyclic esters (lactones) is 1. The average Bonchev–Trinajstić information content (AvgIpc) is 3.03. The SMILES string of the molecule is CCCC[C@@H]1C(=O)OCc2c1cc1n(c2=O)Cc2cc3ccccc3nc2-1. The van der Waals surface area contributed by atoms with Crippen LogP contribution in [0, 0.1) is 0 Å². The van der Waals surface area contributed by atoms with Crippen molar-refractivity contribution in [1.29, 1.82) is 0 Å². The van der Waals surface area contributed by atoms with E-state index in [1.165, 1.54) is 0 Å². The molecule has 0 bridgehead atoms. The first kappa shape index (κ1) is 16.2. The molecule has 2 aliphatic heterocycles. The van der Waals surface area contributed by atoms with Crippen LogP contribution in [0.5, 0.6) is 0 Å². The normalized spacial score (nSPS) is 17.4. The van der Waals surface area contributed by atoms with Gasteiger partial charge < -0.3 is 9.30 Å². The van der Waals surface area contributed by atoms with Crippen molar-refractivity contribution < 1.29 is 9.53 Å². The second-order valence-electron chi connectivity index (χ2n) is 7.35. The molecule has 27 heavy (non-hydrogen) atoms. The summed E-state index contributed by atoms with van der Waals surface area (Å²) < 4.78 is 7.10. The van der Waals surface area contributed by atoms with E-state index in [-0.39, 0.29) is 24.1 Å². The minimum Gasteiger partial charge on any atom is -0.460 e. The molecule has 3 aromatic rings. The number of benzene rings is 1. The van der Waals surface area contributed by atoms with Gasteiger partial charge in [0.2, 0.25) is 0 Å². The third-order valence-corrected chi connectivity index (χ3v) is 5.67. The lowest BCUT2D eigenvalue weighted by molar-refractivity contribution is -0.148. The Hall–Kier alpha value is -2.95. The van der Waals surface area contributed by atoms with Gasteiger partial charge in [-0.1, -0.05) is 38.0 Å². The third-order valence-electron chi connectivity index (χ3n) is 5.67. The quantitative estimate of drug-likeness (QED) is 0.522. The van der Waals surface area contributed by atoms with Crippen molar-refractivity contribution in [3.8, 4) is 11.4 Å². The number of esters is 1. The largest absolute Gasteiger partial charge is 0.460 e. The first-order valence-electron chi connectivity index (χ1n) is 9.49. The van der Waals surface area contributed by atoms with Crippen molar-refractivity contribution >= 4 is 16.9 Å². The molecule has 0 aliphatic carbocycles. The lowest BCUT2D eigenvalue weighted by Crippen LogP contribution is -2.32. The number of hydrogen-bond acceptors (Lipinski definition) is 4. The molecule has 0 fully saturated rings. The van der Waals surface area contributed by atoms with E-state index in [1.54, 1.807) is 4.57 Å². The smallest absolute Gasteiger partial charge is 0.313 e. The minimum absolute atomic E-state index is 0.0569. The molecule has 4 heterocycles. The summed E-state index contributed by atoms with van der Waals surface area (Å²) in [6, 6.07) is 12.1. The van der Waals surface area contributed by atoms with Crippen molar-refractivity contribution in [2.45, 2.75) is 45.3 Å². The standard InChI is InChI=1S/C22H20N2O3/c1-2-3-7-15-16-10-19-20-14(9-13-6-4-5-8-18(13)23-20)11-24(19)21(25)17(16)12-27-22(15)26/h4-6,8-10,15H,2-3,7,11-12H2,1H3/t15-/m0/s1. The predicted molar refractivity (Wildman–Crippen MR) is 103 cm³/mol. The van der Waals surface area contributed by atoms with Crippen molar-refractivity contribution in [2.24, 2.45) is 0 Å². The van der Waals surface area contributed by atoms with Crippen LogP contribution >= 0.6 is 0 Å². The summed E-state index contributed by atoms with van der Waals surface area (Å²) >= 11 is 0. The fourth-order valence-electron chi connectivity index (χ4n) is 4.24. The molecule has 5 rings (SSSR count). The van der Waals surface area contributed by atoms with Crippen LogP contribution in [0.3, 0.4) is 0 Å². The van der Waals surface area contributed by atoms with Crippen LogP contribution in [0.1, 0.15) is 48.8 Å². The highest BCUT2D eigenvalue weighted by Gasteiger charge is 2.34. The van der Waals surface area contributed by atoms with E-state index < -0.39 is 0 Å². The van der Waals surface area contributed by atoms with Gasteiger partial charge in [-0.25, -0.2) is 4.98 Å². The molecule has 0 saturated carbocycles. The second-order valence-corrected chi connectivity index (χ2v) is 7.35. The molecular formula is C22H20N2O3. The van der Waals surface area contributed by atoms with Crippen LogP contribution in [0.4, 0.5) is 0 Å². The number of unbranched alkanes of at least 4 members (excludes halogenated alkanes) is 1. The maximum atomic E-state index is 13.1. The maximum Gasteiger partial charge on any atom is 0.313 e. The summed E-state index contributed by atoms with van der Waals surface area (Å²) in [5.74, 6) is -0.568. The van der Waals surface area contributed by atoms with Gasteiger partial charge in [0.05, 0.1) is 34.9 Å². The maximum absolute atomic E-state index is 13.1. The first-order chi connectivity index (χ1) is 13.2. The molecule has 0 N–H and O–H groups in total. The van der Waals surface area contributed by atoms with Gasteiger partial charge in [-0.05, 0) is 30.2 Å². The van der Waals surface area contributed by atoms with E-state index in [0.717, 1.165) is 46.3 Å². The van der Waals surface area contributed by atoms with Crippen LogP contribution in [0.25, 0.3) is 22.3 Å². The zero-order valence-corrected chi connectivity index (χ0v) is 15.2. The van der Waals surface area contributed by atoms with Crippen LogP contribution in [-0.4, -0.2) is 15.5 Å². The van der Waals surface area contributed by atoms with E-state index in [4.69, 9.17) is 9.72 Å². The number of carbonyl (C=O) groups is 1. The number of pyridine rings is 2. The number of aromatic nitrogens is 2. The summed E-state index contributed by atoms with van der Waals surface area (Å²) in [5, 5.41) is 1.07. The number of para-hydroxylation sites is 1. The molecule has 2 aromatic heterocycles. The number of nitrogens with zero attached hydrogens (tertiary/aromatic N) is 2. The third kappa shape index (κ3) is 2.41. The summed E-state index contributed by atoms with van der Waals surface area (Å²) in [5.41, 5.74) is 5.02. The molecule has 2 aliphatic rings. The van der Waals surface area contributed by atoms with Crippen LogP contribution < -0.4 is 5.56 Å². The van der Waals surface area contributed by atoms with E-state index in [0.29, 0.717) is 18.5 Å². The van der Waals surface area contributed by atoms with Gasteiger partial charge in [0.1, 0.15) is 6.61 Å². The van der Waals surface area contributed by atoms with Gasteiger partial charge in [-0.3, -0.25) is 9.59 Å². The van der Waals surface area contributed by atoms with Gasteiger partial charge in [-0.2, -0.15) is 0 Å². The Kier molecular flexibility index (Phi) is 3.64.